The molecule has 0 unspecified atom stereocenters. The van der Waals surface area contributed by atoms with Crippen molar-refractivity contribution in [3.8, 4) is 0 Å². The SMILES string of the molecule is C=C(Cl)CC(=O)O.C=CC1=CC(=O)OC1=O. The summed E-state index contributed by atoms with van der Waals surface area (Å²) in [6, 6.07) is 0. The molecule has 0 fully saturated rings. The van der Waals surface area contributed by atoms with E-state index in [1.165, 1.54) is 6.08 Å². The minimum atomic E-state index is -0.944. The van der Waals surface area contributed by atoms with Crippen molar-refractivity contribution in [2.24, 2.45) is 0 Å². The molecule has 0 aromatic heterocycles. The molecule has 0 radical (unpaired) electrons. The molecule has 0 aliphatic carbocycles. The summed E-state index contributed by atoms with van der Waals surface area (Å²) in [4.78, 5) is 30.4. The van der Waals surface area contributed by atoms with Gasteiger partial charge in [-0.3, -0.25) is 4.79 Å². The molecule has 1 aliphatic rings. The molecule has 0 aromatic carbocycles. The smallest absolute Gasteiger partial charge is 0.346 e. The van der Waals surface area contributed by atoms with Gasteiger partial charge in [-0.1, -0.05) is 30.8 Å². The Morgan fingerprint density at radius 1 is 1.56 bits per heavy atom. The van der Waals surface area contributed by atoms with E-state index in [2.05, 4.69) is 17.9 Å². The topological polar surface area (TPSA) is 80.7 Å². The number of rotatable bonds is 3. The lowest BCUT2D eigenvalue weighted by Crippen LogP contribution is -1.99. The van der Waals surface area contributed by atoms with E-state index in [0.29, 0.717) is 0 Å². The molecule has 0 saturated heterocycles. The second kappa shape index (κ2) is 6.58. The van der Waals surface area contributed by atoms with Crippen LogP contribution in [-0.2, 0) is 19.1 Å². The maximum Gasteiger partial charge on any atom is 0.346 e. The summed E-state index contributed by atoms with van der Waals surface area (Å²) in [6.07, 6.45) is 2.24. The number of carboxylic acid groups (broad SMARTS) is 1. The molecule has 86 valence electrons. The minimum absolute atomic E-state index is 0.151. The molecular formula is C10H9ClO5. The van der Waals surface area contributed by atoms with Crippen LogP contribution in [0.1, 0.15) is 6.42 Å². The summed E-state index contributed by atoms with van der Waals surface area (Å²) in [7, 11) is 0. The van der Waals surface area contributed by atoms with Crippen molar-refractivity contribution >= 4 is 29.5 Å². The first kappa shape index (κ1) is 14.1. The van der Waals surface area contributed by atoms with E-state index in [0.717, 1.165) is 6.08 Å². The normalized spacial score (nSPS) is 13.2. The third-order valence-corrected chi connectivity index (χ3v) is 1.40. The number of aliphatic carboxylic acids is 1. The Morgan fingerprint density at radius 2 is 2.12 bits per heavy atom. The van der Waals surface area contributed by atoms with E-state index >= 15 is 0 Å². The molecule has 16 heavy (non-hydrogen) atoms. The molecule has 1 aliphatic heterocycles. The van der Waals surface area contributed by atoms with E-state index < -0.39 is 17.9 Å². The van der Waals surface area contributed by atoms with E-state index in [1.54, 1.807) is 0 Å². The second-order valence-corrected chi connectivity index (χ2v) is 3.13. The first-order valence-electron chi connectivity index (χ1n) is 4.02. The molecule has 1 N–H and O–H groups in total. The van der Waals surface area contributed by atoms with E-state index in [4.69, 9.17) is 16.7 Å². The van der Waals surface area contributed by atoms with Gasteiger partial charge in [0.05, 0.1) is 12.0 Å². The Balaban J connectivity index is 0.000000293. The van der Waals surface area contributed by atoms with E-state index in [-0.39, 0.29) is 17.0 Å². The summed E-state index contributed by atoms with van der Waals surface area (Å²) in [5, 5.41) is 8.10. The van der Waals surface area contributed by atoms with Crippen molar-refractivity contribution in [2.75, 3.05) is 0 Å². The number of halogens is 1. The van der Waals surface area contributed by atoms with Crippen LogP contribution in [0.5, 0.6) is 0 Å². The lowest BCUT2D eigenvalue weighted by Gasteiger charge is -1.85. The van der Waals surface area contributed by atoms with E-state index in [9.17, 15) is 14.4 Å². The largest absolute Gasteiger partial charge is 0.481 e. The van der Waals surface area contributed by atoms with Crippen molar-refractivity contribution in [1.82, 2.24) is 0 Å². The highest BCUT2D eigenvalue weighted by Crippen LogP contribution is 2.07. The summed E-state index contributed by atoms with van der Waals surface area (Å²) in [5.74, 6) is -2.18. The first-order chi connectivity index (χ1) is 7.36. The molecule has 0 saturated carbocycles. The summed E-state index contributed by atoms with van der Waals surface area (Å²) in [5.41, 5.74) is 0.222. The molecule has 0 aromatic rings. The second-order valence-electron chi connectivity index (χ2n) is 2.60. The number of hydrogen-bond acceptors (Lipinski definition) is 4. The van der Waals surface area contributed by atoms with Gasteiger partial charge in [-0.15, -0.1) is 0 Å². The lowest BCUT2D eigenvalue weighted by atomic mass is 10.3. The molecule has 0 spiro atoms. The predicted octanol–water partition coefficient (Wildman–Crippen LogP) is 1.40. The average molecular weight is 245 g/mol. The number of cyclic esters (lactones) is 2. The Morgan fingerprint density at radius 3 is 2.25 bits per heavy atom. The Bertz CT molecular complexity index is 369. The van der Waals surface area contributed by atoms with Gasteiger partial charge in [0.1, 0.15) is 0 Å². The first-order valence-corrected chi connectivity index (χ1v) is 4.40. The van der Waals surface area contributed by atoms with Crippen LogP contribution in [0.2, 0.25) is 0 Å². The monoisotopic (exact) mass is 244 g/mol. The molecule has 0 atom stereocenters. The van der Waals surface area contributed by atoms with Crippen LogP contribution in [0.25, 0.3) is 0 Å². The average Bonchev–Trinajstić information content (AvgIpc) is 2.43. The van der Waals surface area contributed by atoms with Crippen LogP contribution in [-0.4, -0.2) is 23.0 Å². The number of ether oxygens (including phenoxy) is 1. The number of carbonyl (C=O) groups excluding carboxylic acids is 2. The van der Waals surface area contributed by atoms with Crippen LogP contribution in [0.15, 0.2) is 35.9 Å². The van der Waals surface area contributed by atoms with Gasteiger partial charge in [0.25, 0.3) is 0 Å². The van der Waals surface area contributed by atoms with Gasteiger partial charge in [-0.05, 0) is 0 Å². The fourth-order valence-corrected chi connectivity index (χ4v) is 0.786. The number of carboxylic acids is 1. The quantitative estimate of drug-likeness (QED) is 0.599. The zero-order valence-corrected chi connectivity index (χ0v) is 8.99. The van der Waals surface area contributed by atoms with Crippen molar-refractivity contribution < 1.29 is 24.2 Å². The third-order valence-electron chi connectivity index (χ3n) is 1.27. The molecular weight excluding hydrogens is 236 g/mol. The summed E-state index contributed by atoms with van der Waals surface area (Å²) >= 11 is 5.10. The highest BCUT2D eigenvalue weighted by molar-refractivity contribution is 6.30. The maximum absolute atomic E-state index is 10.4. The van der Waals surface area contributed by atoms with Crippen LogP contribution >= 0.6 is 11.6 Å². The Labute approximate surface area is 96.7 Å². The maximum atomic E-state index is 10.4. The van der Waals surface area contributed by atoms with Crippen LogP contribution in [0.3, 0.4) is 0 Å². The van der Waals surface area contributed by atoms with Crippen LogP contribution in [0.4, 0.5) is 0 Å². The highest BCUT2D eigenvalue weighted by Gasteiger charge is 2.20. The zero-order valence-electron chi connectivity index (χ0n) is 8.23. The number of hydrogen-bond donors (Lipinski definition) is 1. The predicted molar refractivity (Wildman–Crippen MR) is 56.6 cm³/mol. The Hall–Kier alpha value is -1.88. The van der Waals surface area contributed by atoms with Gasteiger partial charge in [0, 0.05) is 11.1 Å². The van der Waals surface area contributed by atoms with Gasteiger partial charge < -0.3 is 9.84 Å². The van der Waals surface area contributed by atoms with Crippen molar-refractivity contribution in [3.63, 3.8) is 0 Å². The van der Waals surface area contributed by atoms with Gasteiger partial charge in [0.2, 0.25) is 0 Å². The van der Waals surface area contributed by atoms with Gasteiger partial charge in [0.15, 0.2) is 0 Å². The van der Waals surface area contributed by atoms with Crippen LogP contribution in [0, 0.1) is 0 Å². The molecule has 5 nitrogen and oxygen atoms in total. The third kappa shape index (κ3) is 5.77. The number of esters is 2. The van der Waals surface area contributed by atoms with Crippen molar-refractivity contribution in [3.05, 3.63) is 35.9 Å². The fourth-order valence-electron chi connectivity index (χ4n) is 0.672. The molecule has 1 heterocycles. The minimum Gasteiger partial charge on any atom is -0.481 e. The lowest BCUT2D eigenvalue weighted by molar-refractivity contribution is -0.150. The van der Waals surface area contributed by atoms with Crippen LogP contribution < -0.4 is 0 Å². The summed E-state index contributed by atoms with van der Waals surface area (Å²) < 4.78 is 4.12. The van der Waals surface area contributed by atoms with Gasteiger partial charge in [-0.2, -0.15) is 0 Å². The highest BCUT2D eigenvalue weighted by atomic mass is 35.5. The molecule has 0 amide bonds. The molecule has 0 bridgehead atoms. The van der Waals surface area contributed by atoms with Gasteiger partial charge >= 0.3 is 17.9 Å². The number of carbonyl (C=O) groups is 3. The summed E-state index contributed by atoms with van der Waals surface area (Å²) in [6.45, 7) is 6.49. The standard InChI is InChI=1S/C6H4O3.C4H5ClO2/c1-2-4-3-5(7)9-6(4)8;1-3(5)2-4(6)7/h2-3H,1H2;1-2H2,(H,6,7). The molecule has 1 rings (SSSR count). The van der Waals surface area contributed by atoms with Gasteiger partial charge in [-0.25, -0.2) is 9.59 Å². The zero-order chi connectivity index (χ0) is 12.7. The van der Waals surface area contributed by atoms with Crippen molar-refractivity contribution in [1.29, 1.82) is 0 Å². The van der Waals surface area contributed by atoms with Crippen molar-refractivity contribution in [2.45, 2.75) is 6.42 Å². The molecule has 6 heteroatoms. The Kier molecular flexibility index (Phi) is 5.80. The fraction of sp³-hybridized carbons (Fsp3) is 0.100. The van der Waals surface area contributed by atoms with E-state index in [1.807, 2.05) is 0 Å².